The smallest absolute Gasteiger partial charge is 0.249 e. The molecule has 0 unspecified atom stereocenters. The first-order valence-corrected chi connectivity index (χ1v) is 5.23. The third kappa shape index (κ3) is 1.66. The first-order chi connectivity index (χ1) is 6.43. The molecule has 2 aliphatic rings. The van der Waals surface area contributed by atoms with Crippen LogP contribution in [0.3, 0.4) is 0 Å². The molecule has 2 fully saturated rings. The Labute approximate surface area is 80.2 Å². The van der Waals surface area contributed by atoms with Gasteiger partial charge in [-0.05, 0) is 12.8 Å². The molecule has 0 aromatic carbocycles. The highest BCUT2D eigenvalue weighted by molar-refractivity contribution is 6.99. The molecule has 0 bridgehead atoms. The van der Waals surface area contributed by atoms with Crippen LogP contribution in [0.1, 0.15) is 24.5 Å². The maximum atomic E-state index is 5.51. The van der Waals surface area contributed by atoms with Crippen LogP contribution in [-0.4, -0.2) is 28.1 Å². The van der Waals surface area contributed by atoms with Gasteiger partial charge in [-0.25, -0.2) is 0 Å². The van der Waals surface area contributed by atoms with Crippen molar-refractivity contribution in [3.63, 3.8) is 0 Å². The van der Waals surface area contributed by atoms with Gasteiger partial charge in [-0.1, -0.05) is 0 Å². The van der Waals surface area contributed by atoms with Gasteiger partial charge in [0.2, 0.25) is 5.88 Å². The predicted molar refractivity (Wildman–Crippen MR) is 47.1 cm³/mol. The minimum atomic E-state index is 0.300. The van der Waals surface area contributed by atoms with Crippen LogP contribution in [0.25, 0.3) is 0 Å². The molecule has 3 rings (SSSR count). The Morgan fingerprint density at radius 2 is 2.31 bits per heavy atom. The lowest BCUT2D eigenvalue weighted by molar-refractivity contribution is 0.254. The van der Waals surface area contributed by atoms with Crippen molar-refractivity contribution in [1.29, 1.82) is 0 Å². The molecule has 1 saturated heterocycles. The van der Waals surface area contributed by atoms with Gasteiger partial charge in [-0.2, -0.15) is 4.37 Å². The lowest BCUT2D eigenvalue weighted by Gasteiger charge is -2.00. The number of rotatable bonds is 4. The maximum absolute atomic E-state index is 5.51. The highest BCUT2D eigenvalue weighted by Gasteiger charge is 2.31. The van der Waals surface area contributed by atoms with Crippen LogP contribution in [0.15, 0.2) is 0 Å². The summed E-state index contributed by atoms with van der Waals surface area (Å²) in [5.41, 5.74) is 1.06. The fraction of sp³-hybridized carbons (Fsp3) is 0.750. The SMILES string of the molecule is C1CC1c1nsnc1OC[C@@H]1CO1. The molecule has 13 heavy (non-hydrogen) atoms. The number of ether oxygens (including phenoxy) is 2. The van der Waals surface area contributed by atoms with Crippen molar-refractivity contribution in [2.75, 3.05) is 13.2 Å². The summed E-state index contributed by atoms with van der Waals surface area (Å²) in [6, 6.07) is 0. The first kappa shape index (κ1) is 7.70. The second kappa shape index (κ2) is 2.92. The lowest BCUT2D eigenvalue weighted by atomic mass is 10.3. The fourth-order valence-corrected chi connectivity index (χ4v) is 1.81. The zero-order chi connectivity index (χ0) is 8.67. The summed E-state index contributed by atoms with van der Waals surface area (Å²) < 4.78 is 18.9. The largest absolute Gasteiger partial charge is 0.473 e. The fourth-order valence-electron chi connectivity index (χ4n) is 1.23. The second-order valence-electron chi connectivity index (χ2n) is 3.50. The Kier molecular flexibility index (Phi) is 1.73. The zero-order valence-electron chi connectivity index (χ0n) is 7.10. The van der Waals surface area contributed by atoms with E-state index in [4.69, 9.17) is 9.47 Å². The molecule has 5 heteroatoms. The van der Waals surface area contributed by atoms with E-state index in [2.05, 4.69) is 8.75 Å². The molecule has 0 radical (unpaired) electrons. The molecule has 1 atom stereocenters. The van der Waals surface area contributed by atoms with Gasteiger partial charge in [-0.3, -0.25) is 0 Å². The van der Waals surface area contributed by atoms with Gasteiger partial charge in [0.25, 0.3) is 0 Å². The molecule has 0 N–H and O–H groups in total. The highest BCUT2D eigenvalue weighted by Crippen LogP contribution is 2.43. The van der Waals surface area contributed by atoms with Crippen LogP contribution in [0.5, 0.6) is 5.88 Å². The Bertz CT molecular complexity index is 307. The average Bonchev–Trinajstić information content (AvgIpc) is 3.03. The molecule has 1 saturated carbocycles. The molecule has 2 heterocycles. The van der Waals surface area contributed by atoms with Gasteiger partial charge in [0.1, 0.15) is 18.4 Å². The first-order valence-electron chi connectivity index (χ1n) is 4.50. The number of hydrogen-bond acceptors (Lipinski definition) is 5. The van der Waals surface area contributed by atoms with E-state index in [-0.39, 0.29) is 0 Å². The second-order valence-corrected chi connectivity index (χ2v) is 4.02. The summed E-state index contributed by atoms with van der Waals surface area (Å²) in [5.74, 6) is 1.36. The van der Waals surface area contributed by atoms with Gasteiger partial charge in [-0.15, -0.1) is 4.37 Å². The Morgan fingerprint density at radius 1 is 1.46 bits per heavy atom. The Morgan fingerprint density at radius 3 is 3.00 bits per heavy atom. The Balaban J connectivity index is 1.67. The van der Waals surface area contributed by atoms with Crippen molar-refractivity contribution in [2.24, 2.45) is 0 Å². The van der Waals surface area contributed by atoms with E-state index in [0.29, 0.717) is 18.6 Å². The van der Waals surface area contributed by atoms with Gasteiger partial charge in [0.05, 0.1) is 18.3 Å². The molecule has 1 aromatic rings. The van der Waals surface area contributed by atoms with E-state index in [9.17, 15) is 0 Å². The summed E-state index contributed by atoms with van der Waals surface area (Å²) in [4.78, 5) is 0. The zero-order valence-corrected chi connectivity index (χ0v) is 7.92. The van der Waals surface area contributed by atoms with Crippen LogP contribution in [0.4, 0.5) is 0 Å². The molecular formula is C8H10N2O2S. The van der Waals surface area contributed by atoms with E-state index in [0.717, 1.165) is 18.2 Å². The average molecular weight is 198 g/mol. The van der Waals surface area contributed by atoms with E-state index in [1.54, 1.807) is 0 Å². The molecular weight excluding hydrogens is 188 g/mol. The maximum Gasteiger partial charge on any atom is 0.249 e. The van der Waals surface area contributed by atoms with E-state index < -0.39 is 0 Å². The van der Waals surface area contributed by atoms with Crippen molar-refractivity contribution in [3.05, 3.63) is 5.69 Å². The number of nitrogens with zero attached hydrogens (tertiary/aromatic N) is 2. The van der Waals surface area contributed by atoms with Gasteiger partial charge in [0.15, 0.2) is 0 Å². The van der Waals surface area contributed by atoms with Crippen molar-refractivity contribution in [2.45, 2.75) is 24.9 Å². The highest BCUT2D eigenvalue weighted by atomic mass is 32.1. The standard InChI is InChI=1S/C8H10N2O2S/c1-2-5(1)7-8(10-13-9-7)12-4-6-3-11-6/h5-6H,1-4H2/t6-/m0/s1. The third-order valence-corrected chi connectivity index (χ3v) is 2.78. The molecule has 1 aliphatic carbocycles. The van der Waals surface area contributed by atoms with Crippen LogP contribution < -0.4 is 4.74 Å². The molecule has 0 amide bonds. The summed E-state index contributed by atoms with van der Waals surface area (Å²) in [5, 5.41) is 0. The third-order valence-electron chi connectivity index (χ3n) is 2.25. The monoisotopic (exact) mass is 198 g/mol. The van der Waals surface area contributed by atoms with Crippen molar-refractivity contribution < 1.29 is 9.47 Å². The van der Waals surface area contributed by atoms with Crippen LogP contribution >= 0.6 is 11.7 Å². The van der Waals surface area contributed by atoms with Gasteiger partial charge >= 0.3 is 0 Å². The summed E-state index contributed by atoms with van der Waals surface area (Å²) >= 11 is 1.24. The molecule has 4 nitrogen and oxygen atoms in total. The van der Waals surface area contributed by atoms with E-state index >= 15 is 0 Å². The van der Waals surface area contributed by atoms with Crippen molar-refractivity contribution in [3.8, 4) is 5.88 Å². The van der Waals surface area contributed by atoms with Crippen LogP contribution in [0.2, 0.25) is 0 Å². The van der Waals surface area contributed by atoms with Crippen molar-refractivity contribution in [1.82, 2.24) is 8.75 Å². The van der Waals surface area contributed by atoms with Gasteiger partial charge in [0, 0.05) is 5.92 Å². The van der Waals surface area contributed by atoms with Crippen LogP contribution in [0, 0.1) is 0 Å². The number of epoxide rings is 1. The molecule has 70 valence electrons. The molecule has 0 spiro atoms. The number of aromatic nitrogens is 2. The Hall–Kier alpha value is -0.680. The predicted octanol–water partition coefficient (Wildman–Crippen LogP) is 1.19. The lowest BCUT2D eigenvalue weighted by Crippen LogP contribution is -2.05. The molecule has 1 aliphatic heterocycles. The summed E-state index contributed by atoms with van der Waals surface area (Å²) in [6.07, 6.45) is 2.78. The quantitative estimate of drug-likeness (QED) is 0.682. The van der Waals surface area contributed by atoms with E-state index in [1.807, 2.05) is 0 Å². The van der Waals surface area contributed by atoms with Crippen molar-refractivity contribution >= 4 is 11.7 Å². The topological polar surface area (TPSA) is 47.5 Å². The number of hydrogen-bond donors (Lipinski definition) is 0. The minimum Gasteiger partial charge on any atom is -0.473 e. The molecule has 1 aromatic heterocycles. The minimum absolute atomic E-state index is 0.300. The van der Waals surface area contributed by atoms with Crippen LogP contribution in [-0.2, 0) is 4.74 Å². The summed E-state index contributed by atoms with van der Waals surface area (Å²) in [7, 11) is 0. The van der Waals surface area contributed by atoms with E-state index in [1.165, 1.54) is 24.6 Å². The normalized spacial score (nSPS) is 26.0. The van der Waals surface area contributed by atoms with Gasteiger partial charge < -0.3 is 9.47 Å². The summed E-state index contributed by atoms with van der Waals surface area (Å²) in [6.45, 7) is 1.46.